The van der Waals surface area contributed by atoms with Gasteiger partial charge in [0.25, 0.3) is 0 Å². The first-order valence-electron chi connectivity index (χ1n) is 6.69. The summed E-state index contributed by atoms with van der Waals surface area (Å²) in [4.78, 5) is 11.0. The van der Waals surface area contributed by atoms with E-state index in [1.54, 1.807) is 18.2 Å². The SMILES string of the molecule is O=C(O)c1cccc(-c2ccc3c(c2)CCCC3)c1. The van der Waals surface area contributed by atoms with Gasteiger partial charge in [-0.3, -0.25) is 0 Å². The van der Waals surface area contributed by atoms with E-state index in [2.05, 4.69) is 18.2 Å². The van der Waals surface area contributed by atoms with Crippen LogP contribution < -0.4 is 0 Å². The first-order chi connectivity index (χ1) is 9.24. The third-order valence-electron chi connectivity index (χ3n) is 3.79. The predicted molar refractivity (Wildman–Crippen MR) is 75.5 cm³/mol. The summed E-state index contributed by atoms with van der Waals surface area (Å²) < 4.78 is 0. The average molecular weight is 252 g/mol. The largest absolute Gasteiger partial charge is 0.478 e. The number of benzene rings is 2. The lowest BCUT2D eigenvalue weighted by Gasteiger charge is -2.16. The van der Waals surface area contributed by atoms with Crippen LogP contribution >= 0.6 is 0 Å². The molecule has 0 amide bonds. The van der Waals surface area contributed by atoms with Crippen molar-refractivity contribution in [2.45, 2.75) is 25.7 Å². The zero-order valence-electron chi connectivity index (χ0n) is 10.7. The first kappa shape index (κ1) is 12.0. The second-order valence-electron chi connectivity index (χ2n) is 5.08. The van der Waals surface area contributed by atoms with Crippen molar-refractivity contribution >= 4 is 5.97 Å². The maximum atomic E-state index is 11.0. The molecule has 0 bridgehead atoms. The fourth-order valence-electron chi connectivity index (χ4n) is 2.74. The van der Waals surface area contributed by atoms with Gasteiger partial charge in [-0.2, -0.15) is 0 Å². The van der Waals surface area contributed by atoms with E-state index in [0.717, 1.165) is 17.5 Å². The van der Waals surface area contributed by atoms with Crippen LogP contribution in [0.2, 0.25) is 0 Å². The molecule has 1 aliphatic carbocycles. The van der Waals surface area contributed by atoms with E-state index >= 15 is 0 Å². The highest BCUT2D eigenvalue weighted by molar-refractivity contribution is 5.89. The first-order valence-corrected chi connectivity index (χ1v) is 6.69. The van der Waals surface area contributed by atoms with Gasteiger partial charge in [0.15, 0.2) is 0 Å². The number of fused-ring (bicyclic) bond motifs is 1. The fourth-order valence-corrected chi connectivity index (χ4v) is 2.74. The van der Waals surface area contributed by atoms with Gasteiger partial charge in [0.05, 0.1) is 5.56 Å². The van der Waals surface area contributed by atoms with Gasteiger partial charge in [-0.15, -0.1) is 0 Å². The fraction of sp³-hybridized carbons (Fsp3) is 0.235. The Hall–Kier alpha value is -2.09. The number of aromatic carboxylic acids is 1. The van der Waals surface area contributed by atoms with E-state index in [0.29, 0.717) is 5.56 Å². The molecule has 3 rings (SSSR count). The molecule has 19 heavy (non-hydrogen) atoms. The Bertz CT molecular complexity index is 629. The van der Waals surface area contributed by atoms with E-state index in [-0.39, 0.29) is 0 Å². The molecule has 2 heteroatoms. The summed E-state index contributed by atoms with van der Waals surface area (Å²) in [6.45, 7) is 0. The van der Waals surface area contributed by atoms with Crippen molar-refractivity contribution in [2.24, 2.45) is 0 Å². The van der Waals surface area contributed by atoms with Crippen LogP contribution in [-0.2, 0) is 12.8 Å². The molecule has 2 nitrogen and oxygen atoms in total. The van der Waals surface area contributed by atoms with Crippen LogP contribution in [0.15, 0.2) is 42.5 Å². The summed E-state index contributed by atoms with van der Waals surface area (Å²) in [5.41, 5.74) is 5.31. The van der Waals surface area contributed by atoms with Crippen molar-refractivity contribution in [2.75, 3.05) is 0 Å². The topological polar surface area (TPSA) is 37.3 Å². The number of carboxylic acid groups (broad SMARTS) is 1. The number of hydrogen-bond donors (Lipinski definition) is 1. The highest BCUT2D eigenvalue weighted by atomic mass is 16.4. The van der Waals surface area contributed by atoms with E-state index in [4.69, 9.17) is 5.11 Å². The van der Waals surface area contributed by atoms with Crippen molar-refractivity contribution in [3.8, 4) is 11.1 Å². The zero-order chi connectivity index (χ0) is 13.2. The standard InChI is InChI=1S/C17H16O2/c18-17(19)16-7-3-6-14(11-16)15-9-8-12-4-1-2-5-13(12)10-15/h3,6-11H,1-2,4-5H2,(H,18,19). The number of aryl methyl sites for hydroxylation is 2. The lowest BCUT2D eigenvalue weighted by Crippen LogP contribution is -2.02. The molecule has 2 aromatic rings. The second kappa shape index (κ2) is 4.88. The highest BCUT2D eigenvalue weighted by Crippen LogP contribution is 2.27. The quantitative estimate of drug-likeness (QED) is 0.879. The Morgan fingerprint density at radius 3 is 2.42 bits per heavy atom. The number of carboxylic acids is 1. The summed E-state index contributed by atoms with van der Waals surface area (Å²) in [6, 6.07) is 13.7. The Balaban J connectivity index is 2.02. The van der Waals surface area contributed by atoms with Crippen LogP contribution in [0.3, 0.4) is 0 Å². The minimum Gasteiger partial charge on any atom is -0.478 e. The van der Waals surface area contributed by atoms with Crippen LogP contribution in [0, 0.1) is 0 Å². The predicted octanol–water partition coefficient (Wildman–Crippen LogP) is 3.93. The third kappa shape index (κ3) is 2.39. The molecular formula is C17H16O2. The summed E-state index contributed by atoms with van der Waals surface area (Å²) in [6.07, 6.45) is 4.85. The normalized spacial score (nSPS) is 13.9. The monoisotopic (exact) mass is 252 g/mol. The minimum absolute atomic E-state index is 0.343. The van der Waals surface area contributed by atoms with Crippen molar-refractivity contribution < 1.29 is 9.90 Å². The summed E-state index contributed by atoms with van der Waals surface area (Å²) in [5, 5.41) is 9.05. The van der Waals surface area contributed by atoms with Gasteiger partial charge in [-0.1, -0.05) is 30.3 Å². The van der Waals surface area contributed by atoms with Crippen LogP contribution in [0.5, 0.6) is 0 Å². The molecule has 1 N–H and O–H groups in total. The highest BCUT2D eigenvalue weighted by Gasteiger charge is 2.11. The summed E-state index contributed by atoms with van der Waals surface area (Å²) in [5.74, 6) is -0.875. The molecule has 0 spiro atoms. The lowest BCUT2D eigenvalue weighted by atomic mass is 9.89. The van der Waals surface area contributed by atoms with E-state index in [9.17, 15) is 4.79 Å². The van der Waals surface area contributed by atoms with E-state index in [1.165, 1.54) is 30.4 Å². The molecule has 0 aliphatic heterocycles. The molecule has 1 aliphatic rings. The Kier molecular flexibility index (Phi) is 3.08. The average Bonchev–Trinajstić information content (AvgIpc) is 2.47. The van der Waals surface area contributed by atoms with Crippen LogP contribution in [-0.4, -0.2) is 11.1 Å². The molecule has 2 aromatic carbocycles. The molecule has 0 fully saturated rings. The van der Waals surface area contributed by atoms with Crippen molar-refractivity contribution in [3.05, 3.63) is 59.2 Å². The molecule has 0 saturated heterocycles. The Labute approximate surface area is 112 Å². The number of carbonyl (C=O) groups is 1. The molecule has 0 radical (unpaired) electrons. The van der Waals surface area contributed by atoms with Gasteiger partial charge < -0.3 is 5.11 Å². The molecule has 0 heterocycles. The van der Waals surface area contributed by atoms with E-state index in [1.807, 2.05) is 6.07 Å². The van der Waals surface area contributed by atoms with Gasteiger partial charge >= 0.3 is 5.97 Å². The molecular weight excluding hydrogens is 236 g/mol. The van der Waals surface area contributed by atoms with Crippen molar-refractivity contribution in [1.82, 2.24) is 0 Å². The number of hydrogen-bond acceptors (Lipinski definition) is 1. The van der Waals surface area contributed by atoms with Gasteiger partial charge in [0.1, 0.15) is 0 Å². The minimum atomic E-state index is -0.875. The van der Waals surface area contributed by atoms with Crippen LogP contribution in [0.4, 0.5) is 0 Å². The third-order valence-corrected chi connectivity index (χ3v) is 3.79. The maximum absolute atomic E-state index is 11.0. The smallest absolute Gasteiger partial charge is 0.335 e. The van der Waals surface area contributed by atoms with Gasteiger partial charge in [0.2, 0.25) is 0 Å². The van der Waals surface area contributed by atoms with Crippen molar-refractivity contribution in [1.29, 1.82) is 0 Å². The van der Waals surface area contributed by atoms with Gasteiger partial charge in [-0.25, -0.2) is 4.79 Å². The molecule has 0 aromatic heterocycles. The van der Waals surface area contributed by atoms with Crippen LogP contribution in [0.1, 0.15) is 34.3 Å². The Morgan fingerprint density at radius 2 is 1.63 bits per heavy atom. The van der Waals surface area contributed by atoms with E-state index < -0.39 is 5.97 Å². The molecule has 0 atom stereocenters. The molecule has 0 saturated carbocycles. The summed E-state index contributed by atoms with van der Waals surface area (Å²) in [7, 11) is 0. The van der Waals surface area contributed by atoms with Gasteiger partial charge in [-0.05, 0) is 60.1 Å². The second-order valence-corrected chi connectivity index (χ2v) is 5.08. The molecule has 96 valence electrons. The molecule has 0 unspecified atom stereocenters. The summed E-state index contributed by atoms with van der Waals surface area (Å²) >= 11 is 0. The zero-order valence-corrected chi connectivity index (χ0v) is 10.7. The van der Waals surface area contributed by atoms with Gasteiger partial charge in [0, 0.05) is 0 Å². The Morgan fingerprint density at radius 1 is 0.895 bits per heavy atom. The van der Waals surface area contributed by atoms with Crippen LogP contribution in [0.25, 0.3) is 11.1 Å². The lowest BCUT2D eigenvalue weighted by molar-refractivity contribution is 0.0697. The maximum Gasteiger partial charge on any atom is 0.335 e. The number of rotatable bonds is 2. The van der Waals surface area contributed by atoms with Crippen molar-refractivity contribution in [3.63, 3.8) is 0 Å².